The van der Waals surface area contributed by atoms with Crippen LogP contribution in [0.3, 0.4) is 0 Å². The highest BCUT2D eigenvalue weighted by Crippen LogP contribution is 2.48. The van der Waals surface area contributed by atoms with Gasteiger partial charge in [0.05, 0.1) is 12.2 Å². The normalized spacial score (nSPS) is 23.4. The zero-order valence-corrected chi connectivity index (χ0v) is 21.0. The van der Waals surface area contributed by atoms with E-state index < -0.39 is 0 Å². The fraction of sp³-hybridized carbons (Fsp3) is 0.429. The Kier molecular flexibility index (Phi) is 6.06. The van der Waals surface area contributed by atoms with Crippen LogP contribution in [-0.4, -0.2) is 45.1 Å². The average Bonchev–Trinajstić information content (AvgIpc) is 3.40. The van der Waals surface area contributed by atoms with E-state index in [1.807, 2.05) is 33.5 Å². The van der Waals surface area contributed by atoms with E-state index in [4.69, 9.17) is 0 Å². The molecule has 0 spiro atoms. The summed E-state index contributed by atoms with van der Waals surface area (Å²) in [6.45, 7) is 4.39. The van der Waals surface area contributed by atoms with Gasteiger partial charge in [-0.15, -0.1) is 0 Å². The van der Waals surface area contributed by atoms with Crippen molar-refractivity contribution in [1.82, 2.24) is 19.4 Å². The van der Waals surface area contributed by atoms with Crippen LogP contribution in [0.1, 0.15) is 36.9 Å². The number of imidazole rings is 1. The average molecular weight is 501 g/mol. The van der Waals surface area contributed by atoms with Gasteiger partial charge in [-0.3, -0.25) is 14.4 Å². The number of fused-ring (bicyclic) bond motifs is 8. The smallest absolute Gasteiger partial charge is 0.250 e. The second-order valence-electron chi connectivity index (χ2n) is 10.5. The quantitative estimate of drug-likeness (QED) is 0.506. The summed E-state index contributed by atoms with van der Waals surface area (Å²) in [5.41, 5.74) is 4.03. The molecule has 5 heterocycles. The first kappa shape index (κ1) is 23.5. The molecule has 3 aromatic rings. The van der Waals surface area contributed by atoms with Gasteiger partial charge in [-0.1, -0.05) is 6.07 Å². The first-order chi connectivity index (χ1) is 18.0. The minimum atomic E-state index is -0.263. The maximum absolute atomic E-state index is 13.7. The molecule has 2 N–H and O–H groups in total. The van der Waals surface area contributed by atoms with Gasteiger partial charge >= 0.3 is 0 Å². The van der Waals surface area contributed by atoms with Crippen LogP contribution in [0.5, 0.6) is 0 Å². The number of benzene rings is 1. The van der Waals surface area contributed by atoms with Gasteiger partial charge in [0.25, 0.3) is 5.56 Å². The fourth-order valence-electron chi connectivity index (χ4n) is 6.63. The molecule has 2 unspecified atom stereocenters. The molecule has 1 fully saturated rings. The number of carbonyl (C=O) groups excluding carboxylic acids is 2. The van der Waals surface area contributed by atoms with E-state index in [1.165, 1.54) is 6.92 Å². The lowest BCUT2D eigenvalue weighted by atomic mass is 9.69. The zero-order valence-electron chi connectivity index (χ0n) is 21.0. The largest absolute Gasteiger partial charge is 0.366 e. The molecule has 37 heavy (non-hydrogen) atoms. The molecule has 3 aliphatic heterocycles. The summed E-state index contributed by atoms with van der Waals surface area (Å²) in [6, 6.07) is 11.5. The van der Waals surface area contributed by atoms with Gasteiger partial charge in [0.2, 0.25) is 11.8 Å². The summed E-state index contributed by atoms with van der Waals surface area (Å²) in [6.07, 6.45) is 7.85. The lowest BCUT2D eigenvalue weighted by Crippen LogP contribution is -2.60. The Bertz CT molecular complexity index is 1380. The molecule has 6 rings (SSSR count). The van der Waals surface area contributed by atoms with E-state index in [0.717, 1.165) is 48.6 Å². The monoisotopic (exact) mass is 500 g/mol. The maximum atomic E-state index is 13.7. The van der Waals surface area contributed by atoms with Gasteiger partial charge in [-0.05, 0) is 55.0 Å². The number of nitrogens with one attached hydrogen (secondary N) is 2. The minimum Gasteiger partial charge on any atom is -0.366 e. The van der Waals surface area contributed by atoms with Gasteiger partial charge in [0, 0.05) is 80.6 Å². The Morgan fingerprint density at radius 3 is 2.86 bits per heavy atom. The van der Waals surface area contributed by atoms with Gasteiger partial charge < -0.3 is 24.7 Å². The summed E-state index contributed by atoms with van der Waals surface area (Å²) in [7, 11) is 0. The number of aromatic nitrogens is 3. The molecule has 2 aromatic heterocycles. The third kappa shape index (κ3) is 4.43. The third-order valence-corrected chi connectivity index (χ3v) is 8.07. The van der Waals surface area contributed by atoms with E-state index in [-0.39, 0.29) is 35.3 Å². The number of anilines is 2. The number of hydrogen-bond donors (Lipinski definition) is 2. The number of amides is 2. The standard InChI is InChI=1S/C28H32N6O3/c1-18(35)31-21-6-7-24-20(13-21)14-23(28(37)30-8-3-10-32-11-9-29-17-32)27-22-12-19(16-34(24)27)15-33-25(22)4-2-5-26(33)36/h2,4-7,9,11,13,17,19,22-23,27H,3,8,10,12,14-16H2,1H3,(H,30,37)(H,31,35)/t19-,22+,23?,27?/m0/s1. The maximum Gasteiger partial charge on any atom is 0.250 e. The van der Waals surface area contributed by atoms with Crippen LogP contribution in [0.15, 0.2) is 59.9 Å². The molecule has 0 aliphatic carbocycles. The van der Waals surface area contributed by atoms with Crippen LogP contribution in [0, 0.1) is 11.8 Å². The topological polar surface area (TPSA) is 101 Å². The summed E-state index contributed by atoms with van der Waals surface area (Å²) in [4.78, 5) is 44.6. The number of piperidine rings is 1. The van der Waals surface area contributed by atoms with Crippen molar-refractivity contribution < 1.29 is 9.59 Å². The Labute approximate surface area is 215 Å². The minimum absolute atomic E-state index is 0.0302. The van der Waals surface area contributed by atoms with Gasteiger partial charge in [-0.25, -0.2) is 4.98 Å². The number of aryl methyl sites for hydroxylation is 1. The predicted molar refractivity (Wildman–Crippen MR) is 140 cm³/mol. The number of hydrogen-bond acceptors (Lipinski definition) is 5. The Hall–Kier alpha value is -3.88. The van der Waals surface area contributed by atoms with Crippen molar-refractivity contribution in [3.05, 3.63) is 76.7 Å². The van der Waals surface area contributed by atoms with Crippen molar-refractivity contribution in [2.75, 3.05) is 23.3 Å². The van der Waals surface area contributed by atoms with E-state index in [9.17, 15) is 14.4 Å². The second-order valence-corrected chi connectivity index (χ2v) is 10.5. The molecule has 3 aliphatic rings. The number of carbonyl (C=O) groups is 2. The van der Waals surface area contributed by atoms with Crippen molar-refractivity contribution in [3.63, 3.8) is 0 Å². The number of nitrogens with zero attached hydrogens (tertiary/aromatic N) is 4. The van der Waals surface area contributed by atoms with Crippen LogP contribution in [-0.2, 0) is 29.1 Å². The van der Waals surface area contributed by atoms with Crippen LogP contribution in [0.25, 0.3) is 0 Å². The molecule has 9 nitrogen and oxygen atoms in total. The molecule has 1 saturated heterocycles. The van der Waals surface area contributed by atoms with Gasteiger partial charge in [0.15, 0.2) is 0 Å². The van der Waals surface area contributed by atoms with Crippen molar-refractivity contribution in [2.45, 2.75) is 51.2 Å². The highest BCUT2D eigenvalue weighted by Gasteiger charge is 2.49. The molecule has 2 bridgehead atoms. The number of rotatable bonds is 6. The van der Waals surface area contributed by atoms with Crippen LogP contribution in [0.4, 0.5) is 11.4 Å². The highest BCUT2D eigenvalue weighted by molar-refractivity contribution is 5.89. The summed E-state index contributed by atoms with van der Waals surface area (Å²) in [5.74, 6) is 0.113. The molecule has 0 radical (unpaired) electrons. The molecular weight excluding hydrogens is 468 g/mol. The Balaban J connectivity index is 1.32. The Morgan fingerprint density at radius 1 is 1.16 bits per heavy atom. The molecule has 1 aromatic carbocycles. The fourth-order valence-corrected chi connectivity index (χ4v) is 6.63. The SMILES string of the molecule is CC(=O)Nc1ccc2c(c1)CC(C(=O)NCCCn1ccnc1)C1[C@@H]3C[C@H](CN21)Cn1c3cccc1=O. The lowest BCUT2D eigenvalue weighted by molar-refractivity contribution is -0.126. The molecule has 4 atom stereocenters. The van der Waals surface area contributed by atoms with Crippen LogP contribution in [0.2, 0.25) is 0 Å². The third-order valence-electron chi connectivity index (χ3n) is 8.07. The van der Waals surface area contributed by atoms with Crippen LogP contribution >= 0.6 is 0 Å². The van der Waals surface area contributed by atoms with Crippen molar-refractivity contribution in [3.8, 4) is 0 Å². The summed E-state index contributed by atoms with van der Waals surface area (Å²) in [5, 5.41) is 6.08. The van der Waals surface area contributed by atoms with Crippen molar-refractivity contribution in [2.24, 2.45) is 11.8 Å². The highest BCUT2D eigenvalue weighted by atomic mass is 16.2. The Morgan fingerprint density at radius 2 is 2.05 bits per heavy atom. The molecule has 2 amide bonds. The van der Waals surface area contributed by atoms with Crippen LogP contribution < -0.4 is 21.1 Å². The molecule has 0 saturated carbocycles. The first-order valence-electron chi connectivity index (χ1n) is 13.1. The van der Waals surface area contributed by atoms with E-state index in [1.54, 1.807) is 18.6 Å². The number of pyridine rings is 1. The summed E-state index contributed by atoms with van der Waals surface area (Å²) < 4.78 is 3.93. The van der Waals surface area contributed by atoms with Crippen molar-refractivity contribution >= 4 is 23.2 Å². The molecular formula is C28H32N6O3. The molecule has 9 heteroatoms. The van der Waals surface area contributed by atoms with E-state index >= 15 is 0 Å². The second kappa shape index (κ2) is 9.53. The first-order valence-corrected chi connectivity index (χ1v) is 13.1. The van der Waals surface area contributed by atoms with E-state index in [0.29, 0.717) is 25.4 Å². The lowest BCUT2D eigenvalue weighted by Gasteiger charge is -2.54. The zero-order chi connectivity index (χ0) is 25.5. The van der Waals surface area contributed by atoms with Gasteiger partial charge in [0.1, 0.15) is 0 Å². The summed E-state index contributed by atoms with van der Waals surface area (Å²) >= 11 is 0. The molecule has 192 valence electrons. The van der Waals surface area contributed by atoms with E-state index in [2.05, 4.69) is 32.7 Å². The van der Waals surface area contributed by atoms with Gasteiger partial charge in [-0.2, -0.15) is 0 Å². The van der Waals surface area contributed by atoms with Crippen molar-refractivity contribution in [1.29, 1.82) is 0 Å². The predicted octanol–water partition coefficient (Wildman–Crippen LogP) is 2.37.